The molecule has 27 heavy (non-hydrogen) atoms. The van der Waals surface area contributed by atoms with Crippen LogP contribution in [-0.4, -0.2) is 12.8 Å². The Morgan fingerprint density at radius 3 is 2.33 bits per heavy atom. The smallest absolute Gasteiger partial charge is 0.118 e. The molecule has 0 unspecified atom stereocenters. The third kappa shape index (κ3) is 5.35. The van der Waals surface area contributed by atoms with Gasteiger partial charge in [-0.05, 0) is 73.4 Å². The van der Waals surface area contributed by atoms with E-state index >= 15 is 0 Å². The van der Waals surface area contributed by atoms with E-state index < -0.39 is 0 Å². The number of aliphatic imine (C=N–C) groups is 1. The predicted octanol–water partition coefficient (Wildman–Crippen LogP) is 6.74. The molecule has 3 aromatic rings. The quantitative estimate of drug-likeness (QED) is 0.352. The molecule has 0 radical (unpaired) electrons. The minimum Gasteiger partial charge on any atom is -0.497 e. The van der Waals surface area contributed by atoms with Crippen molar-refractivity contribution in [3.63, 3.8) is 0 Å². The van der Waals surface area contributed by atoms with E-state index in [1.54, 1.807) is 18.9 Å². The van der Waals surface area contributed by atoms with Crippen molar-refractivity contribution in [2.24, 2.45) is 4.99 Å². The zero-order chi connectivity index (χ0) is 19.1. The molecule has 0 saturated carbocycles. The number of thioether (sulfide) groups is 1. The summed E-state index contributed by atoms with van der Waals surface area (Å²) in [6.07, 6.45) is 2.07. The summed E-state index contributed by atoms with van der Waals surface area (Å²) < 4.78 is 5.27. The van der Waals surface area contributed by atoms with Gasteiger partial charge in [0.2, 0.25) is 0 Å². The van der Waals surface area contributed by atoms with E-state index in [9.17, 15) is 0 Å². The normalized spacial score (nSPS) is 11.7. The topological polar surface area (TPSA) is 21.6 Å². The summed E-state index contributed by atoms with van der Waals surface area (Å²) in [4.78, 5) is 6.08. The fourth-order valence-corrected chi connectivity index (χ4v) is 3.44. The van der Waals surface area contributed by atoms with Crippen molar-refractivity contribution < 1.29 is 4.74 Å². The maximum Gasteiger partial charge on any atom is 0.118 e. The summed E-state index contributed by atoms with van der Waals surface area (Å²) in [5, 5.41) is 2.10. The molecule has 0 atom stereocenters. The lowest BCUT2D eigenvalue weighted by atomic mass is 10.1. The van der Waals surface area contributed by atoms with Crippen molar-refractivity contribution >= 4 is 23.2 Å². The largest absolute Gasteiger partial charge is 0.497 e. The van der Waals surface area contributed by atoms with Crippen LogP contribution in [0.4, 0.5) is 5.69 Å². The second-order valence-electron chi connectivity index (χ2n) is 6.25. The van der Waals surface area contributed by atoms with Crippen LogP contribution in [-0.2, 0) is 0 Å². The van der Waals surface area contributed by atoms with Crippen LogP contribution in [0.15, 0.2) is 94.2 Å². The van der Waals surface area contributed by atoms with Crippen LogP contribution in [0.3, 0.4) is 0 Å². The number of hydrogen-bond donors (Lipinski definition) is 0. The number of aryl methyl sites for hydroxylation is 2. The summed E-state index contributed by atoms with van der Waals surface area (Å²) >= 11 is 1.71. The fraction of sp³-hybridized carbons (Fsp3) is 0.125. The molecule has 0 amide bonds. The maximum absolute atomic E-state index is 5.27. The lowest BCUT2D eigenvalue weighted by Gasteiger charge is -2.06. The molecule has 0 aliphatic carbocycles. The summed E-state index contributed by atoms with van der Waals surface area (Å²) in [6, 6.07) is 24.5. The highest BCUT2D eigenvalue weighted by atomic mass is 32.2. The van der Waals surface area contributed by atoms with Crippen molar-refractivity contribution in [3.8, 4) is 5.75 Å². The molecule has 0 aromatic heterocycles. The van der Waals surface area contributed by atoms with Gasteiger partial charge in [-0.3, -0.25) is 0 Å². The molecular weight excluding hydrogens is 350 g/mol. The van der Waals surface area contributed by atoms with E-state index in [1.807, 2.05) is 54.6 Å². The van der Waals surface area contributed by atoms with E-state index in [4.69, 9.17) is 9.73 Å². The van der Waals surface area contributed by atoms with Crippen LogP contribution < -0.4 is 4.74 Å². The Morgan fingerprint density at radius 1 is 0.926 bits per heavy atom. The van der Waals surface area contributed by atoms with Gasteiger partial charge in [0.1, 0.15) is 5.75 Å². The van der Waals surface area contributed by atoms with Crippen LogP contribution in [0, 0.1) is 13.8 Å². The Balaban J connectivity index is 1.88. The third-order valence-corrected chi connectivity index (χ3v) is 5.13. The summed E-state index contributed by atoms with van der Waals surface area (Å²) in [5.74, 6) is 0.839. The molecule has 0 aliphatic rings. The molecular formula is C24H23NOS. The Morgan fingerprint density at radius 2 is 1.67 bits per heavy atom. The van der Waals surface area contributed by atoms with Gasteiger partial charge in [0, 0.05) is 10.5 Å². The van der Waals surface area contributed by atoms with Crippen molar-refractivity contribution in [2.45, 2.75) is 18.7 Å². The highest BCUT2D eigenvalue weighted by molar-refractivity contribution is 8.02. The number of hydrogen-bond acceptors (Lipinski definition) is 3. The average molecular weight is 374 g/mol. The Kier molecular flexibility index (Phi) is 6.50. The average Bonchev–Trinajstić information content (AvgIpc) is 2.70. The van der Waals surface area contributed by atoms with Gasteiger partial charge in [-0.2, -0.15) is 0 Å². The Hall–Kier alpha value is -2.78. The molecule has 0 N–H and O–H groups in total. The molecule has 0 saturated heterocycles. The number of para-hydroxylation sites is 1. The first-order valence-electron chi connectivity index (χ1n) is 8.84. The predicted molar refractivity (Wildman–Crippen MR) is 117 cm³/mol. The number of allylic oxidation sites excluding steroid dienone is 1. The Labute approximate surface area is 165 Å². The summed E-state index contributed by atoms with van der Waals surface area (Å²) in [5.41, 5.74) is 5.48. The number of methoxy groups -OCH3 is 1. The second kappa shape index (κ2) is 9.24. The minimum atomic E-state index is 0.839. The SMILES string of the molecule is COc1ccc(C(C=CSc2ccc(C)cc2C)=Nc2ccccc2)cc1. The monoisotopic (exact) mass is 373 g/mol. The minimum absolute atomic E-state index is 0.839. The van der Waals surface area contributed by atoms with Gasteiger partial charge < -0.3 is 4.74 Å². The Bertz CT molecular complexity index is 944. The molecule has 0 heterocycles. The van der Waals surface area contributed by atoms with E-state index in [2.05, 4.69) is 43.5 Å². The molecule has 2 nitrogen and oxygen atoms in total. The second-order valence-corrected chi connectivity index (χ2v) is 7.20. The molecule has 136 valence electrons. The zero-order valence-electron chi connectivity index (χ0n) is 15.8. The maximum atomic E-state index is 5.27. The lowest BCUT2D eigenvalue weighted by Crippen LogP contribution is -1.96. The van der Waals surface area contributed by atoms with Crippen molar-refractivity contribution in [1.29, 1.82) is 0 Å². The van der Waals surface area contributed by atoms with E-state index in [1.165, 1.54) is 16.0 Å². The van der Waals surface area contributed by atoms with Crippen LogP contribution in [0.2, 0.25) is 0 Å². The van der Waals surface area contributed by atoms with Crippen LogP contribution in [0.5, 0.6) is 5.75 Å². The summed E-state index contributed by atoms with van der Waals surface area (Å²) in [7, 11) is 1.68. The van der Waals surface area contributed by atoms with E-state index in [0.29, 0.717) is 0 Å². The van der Waals surface area contributed by atoms with E-state index in [-0.39, 0.29) is 0 Å². The van der Waals surface area contributed by atoms with Gasteiger partial charge >= 0.3 is 0 Å². The standard InChI is InChI=1S/C24H23NOS/c1-18-9-14-24(19(2)17-18)27-16-15-23(25-21-7-5-4-6-8-21)20-10-12-22(26-3)13-11-20/h4-17H,1-3H3. The number of benzene rings is 3. The van der Waals surface area contributed by atoms with Gasteiger partial charge in [-0.25, -0.2) is 4.99 Å². The first-order chi connectivity index (χ1) is 13.2. The number of nitrogens with zero attached hydrogens (tertiary/aromatic N) is 1. The molecule has 3 aromatic carbocycles. The molecule has 3 heteroatoms. The molecule has 0 bridgehead atoms. The van der Waals surface area contributed by atoms with Gasteiger partial charge in [0.05, 0.1) is 18.5 Å². The number of ether oxygens (including phenoxy) is 1. The van der Waals surface area contributed by atoms with Crippen LogP contribution in [0.1, 0.15) is 16.7 Å². The molecule has 3 rings (SSSR count). The van der Waals surface area contributed by atoms with Crippen molar-refractivity contribution in [2.75, 3.05) is 7.11 Å². The van der Waals surface area contributed by atoms with Crippen molar-refractivity contribution in [3.05, 3.63) is 101 Å². The number of rotatable bonds is 6. The first kappa shape index (κ1) is 19.0. The third-order valence-electron chi connectivity index (χ3n) is 4.14. The fourth-order valence-electron chi connectivity index (χ4n) is 2.70. The molecule has 0 spiro atoms. The van der Waals surface area contributed by atoms with Gasteiger partial charge in [-0.1, -0.05) is 47.7 Å². The van der Waals surface area contributed by atoms with Crippen LogP contribution in [0.25, 0.3) is 0 Å². The zero-order valence-corrected chi connectivity index (χ0v) is 16.7. The molecule has 0 fully saturated rings. The van der Waals surface area contributed by atoms with E-state index in [0.717, 1.165) is 22.7 Å². The van der Waals surface area contributed by atoms with Crippen molar-refractivity contribution in [1.82, 2.24) is 0 Å². The van der Waals surface area contributed by atoms with Gasteiger partial charge in [0.15, 0.2) is 0 Å². The highest BCUT2D eigenvalue weighted by Gasteiger charge is 2.03. The van der Waals surface area contributed by atoms with Gasteiger partial charge in [0.25, 0.3) is 0 Å². The first-order valence-corrected chi connectivity index (χ1v) is 9.72. The molecule has 0 aliphatic heterocycles. The van der Waals surface area contributed by atoms with Gasteiger partial charge in [-0.15, -0.1) is 0 Å². The highest BCUT2D eigenvalue weighted by Crippen LogP contribution is 2.25. The summed E-state index contributed by atoms with van der Waals surface area (Å²) in [6.45, 7) is 4.26. The van der Waals surface area contributed by atoms with Crippen LogP contribution >= 0.6 is 11.8 Å². The lowest BCUT2D eigenvalue weighted by molar-refractivity contribution is 0.415.